The van der Waals surface area contributed by atoms with E-state index in [1.807, 2.05) is 45.1 Å². The molecular weight excluding hydrogens is 608 g/mol. The fourth-order valence-corrected chi connectivity index (χ4v) is 6.27. The van der Waals surface area contributed by atoms with Crippen LogP contribution in [-0.2, 0) is 14.3 Å². The highest BCUT2D eigenvalue weighted by Crippen LogP contribution is 2.41. The molecule has 2 amide bonds. The van der Waals surface area contributed by atoms with Crippen molar-refractivity contribution in [1.29, 1.82) is 0 Å². The van der Waals surface area contributed by atoms with E-state index in [0.717, 1.165) is 15.6 Å². The van der Waals surface area contributed by atoms with Gasteiger partial charge in [-0.1, -0.05) is 59.3 Å². The molecule has 0 radical (unpaired) electrons. The van der Waals surface area contributed by atoms with E-state index in [0.29, 0.717) is 39.8 Å². The lowest BCUT2D eigenvalue weighted by Gasteiger charge is -2.22. The third-order valence-corrected chi connectivity index (χ3v) is 8.94. The summed E-state index contributed by atoms with van der Waals surface area (Å²) in [4.78, 5) is 58.6. The number of pyridine rings is 1. The van der Waals surface area contributed by atoms with Crippen molar-refractivity contribution in [1.82, 2.24) is 4.98 Å². The van der Waals surface area contributed by atoms with Crippen LogP contribution in [0.15, 0.2) is 83.4 Å². The summed E-state index contributed by atoms with van der Waals surface area (Å²) < 4.78 is 6.27. The number of carbonyl (C=O) groups is 4. The Morgan fingerprint density at radius 3 is 2.44 bits per heavy atom. The van der Waals surface area contributed by atoms with Crippen molar-refractivity contribution in [3.8, 4) is 11.3 Å². The van der Waals surface area contributed by atoms with Gasteiger partial charge >= 0.3 is 5.97 Å². The summed E-state index contributed by atoms with van der Waals surface area (Å²) >= 11 is 3.46. The molecule has 1 aliphatic carbocycles. The van der Waals surface area contributed by atoms with E-state index in [4.69, 9.17) is 9.72 Å². The monoisotopic (exact) mass is 636 g/mol. The number of aryl methyl sites for hydroxylation is 2. The lowest BCUT2D eigenvalue weighted by Crippen LogP contribution is -2.31. The lowest BCUT2D eigenvalue weighted by molar-refractivity contribution is -0.122. The first-order chi connectivity index (χ1) is 20.6. The largest absolute Gasteiger partial charge is 0.454 e. The maximum Gasteiger partial charge on any atom is 0.339 e. The first-order valence-corrected chi connectivity index (χ1v) is 14.9. The molecule has 216 valence electrons. The number of allylic oxidation sites excluding steroid dienone is 2. The van der Waals surface area contributed by atoms with Crippen molar-refractivity contribution in [3.63, 3.8) is 0 Å². The van der Waals surface area contributed by atoms with Crippen molar-refractivity contribution >= 4 is 56.1 Å². The van der Waals surface area contributed by atoms with Crippen LogP contribution in [0.1, 0.15) is 45.2 Å². The molecule has 0 N–H and O–H groups in total. The Kier molecular flexibility index (Phi) is 7.56. The Bertz CT molecular complexity index is 1850. The van der Waals surface area contributed by atoms with Gasteiger partial charge in [-0.2, -0.15) is 0 Å². The minimum Gasteiger partial charge on any atom is -0.454 e. The van der Waals surface area contributed by atoms with Crippen molar-refractivity contribution < 1.29 is 23.9 Å². The Balaban J connectivity index is 1.28. The van der Waals surface area contributed by atoms with Crippen molar-refractivity contribution in [3.05, 3.63) is 106 Å². The fourth-order valence-electron chi connectivity index (χ4n) is 5.91. The van der Waals surface area contributed by atoms with E-state index < -0.39 is 12.6 Å². The van der Waals surface area contributed by atoms with Gasteiger partial charge in [0.15, 0.2) is 12.4 Å². The van der Waals surface area contributed by atoms with Crippen molar-refractivity contribution in [2.24, 2.45) is 17.8 Å². The maximum absolute atomic E-state index is 13.4. The van der Waals surface area contributed by atoms with Gasteiger partial charge in [-0.05, 0) is 79.8 Å². The van der Waals surface area contributed by atoms with Gasteiger partial charge in [0.25, 0.3) is 0 Å². The molecule has 7 nitrogen and oxygen atoms in total. The number of amides is 2. The predicted octanol–water partition coefficient (Wildman–Crippen LogP) is 7.02. The minimum atomic E-state index is -0.640. The van der Waals surface area contributed by atoms with Gasteiger partial charge in [-0.3, -0.25) is 19.3 Å². The molecule has 3 unspecified atom stereocenters. The second kappa shape index (κ2) is 11.3. The highest BCUT2D eigenvalue weighted by molar-refractivity contribution is 9.10. The highest BCUT2D eigenvalue weighted by atomic mass is 79.9. The summed E-state index contributed by atoms with van der Waals surface area (Å²) in [5.41, 5.74) is 5.11. The van der Waals surface area contributed by atoms with Gasteiger partial charge in [-0.25, -0.2) is 9.78 Å². The zero-order valence-electron chi connectivity index (χ0n) is 24.0. The average molecular weight is 638 g/mol. The molecule has 1 aliphatic heterocycles. The van der Waals surface area contributed by atoms with Crippen LogP contribution >= 0.6 is 15.9 Å². The van der Waals surface area contributed by atoms with Gasteiger partial charge in [0.05, 0.1) is 34.3 Å². The standard InChI is InChI=1S/C35H29BrN2O5/c1-19-7-8-23(15-21(19)3)31(39)18-43-35(42)28-17-30(37-29-14-11-24(36)16-27(28)29)22-9-12-25(13-10-22)38-33(40)26-6-4-5-20(2)32(26)34(38)41/h4-5,7-17,20,26,32H,6,18H2,1-3H3. The molecule has 4 aromatic rings. The molecule has 43 heavy (non-hydrogen) atoms. The molecule has 2 heterocycles. The summed E-state index contributed by atoms with van der Waals surface area (Å²) in [6.07, 6.45) is 4.56. The molecule has 1 saturated heterocycles. The molecule has 2 aliphatic rings. The number of aromatic nitrogens is 1. The highest BCUT2D eigenvalue weighted by Gasteiger charge is 2.50. The predicted molar refractivity (Wildman–Crippen MR) is 168 cm³/mol. The maximum atomic E-state index is 13.4. The van der Waals surface area contributed by atoms with E-state index in [-0.39, 0.29) is 40.9 Å². The number of Topliss-reactive ketones (excluding diaryl/α,β-unsaturated/α-hetero) is 1. The number of rotatable bonds is 6. The molecule has 0 spiro atoms. The molecular formula is C35H29BrN2O5. The van der Waals surface area contributed by atoms with Crippen LogP contribution in [0.3, 0.4) is 0 Å². The number of esters is 1. The lowest BCUT2D eigenvalue weighted by atomic mass is 9.78. The average Bonchev–Trinajstić information content (AvgIpc) is 3.26. The SMILES string of the molecule is Cc1ccc(C(=O)COC(=O)c2cc(-c3ccc(N4C(=O)C5CC=CC(C)C5C4=O)cc3)nc3ccc(Br)cc23)cc1C. The summed E-state index contributed by atoms with van der Waals surface area (Å²) in [6, 6.07) is 19.5. The molecule has 6 rings (SSSR count). The number of ketones is 1. The Hall–Kier alpha value is -4.43. The summed E-state index contributed by atoms with van der Waals surface area (Å²) in [5.74, 6) is -1.93. The van der Waals surface area contributed by atoms with Crippen LogP contribution < -0.4 is 4.90 Å². The third-order valence-electron chi connectivity index (χ3n) is 8.45. The van der Waals surface area contributed by atoms with Crippen molar-refractivity contribution in [2.75, 3.05) is 11.5 Å². The summed E-state index contributed by atoms with van der Waals surface area (Å²) in [7, 11) is 0. The normalized spacial score (nSPS) is 19.5. The van der Waals surface area contributed by atoms with Gasteiger partial charge in [-0.15, -0.1) is 0 Å². The zero-order valence-corrected chi connectivity index (χ0v) is 25.6. The van der Waals surface area contributed by atoms with E-state index >= 15 is 0 Å². The number of carbonyl (C=O) groups excluding carboxylic acids is 4. The van der Waals surface area contributed by atoms with Crippen LogP contribution in [0.2, 0.25) is 0 Å². The van der Waals surface area contributed by atoms with Crippen LogP contribution in [-0.4, -0.2) is 35.2 Å². The third kappa shape index (κ3) is 5.31. The fraction of sp³-hybridized carbons (Fsp3) is 0.229. The molecule has 1 aromatic heterocycles. The zero-order chi connectivity index (χ0) is 30.4. The van der Waals surface area contributed by atoms with Gasteiger partial charge < -0.3 is 4.74 Å². The Labute approximate surface area is 257 Å². The van der Waals surface area contributed by atoms with Gasteiger partial charge in [0.2, 0.25) is 11.8 Å². The number of imide groups is 1. The molecule has 8 heteroatoms. The molecule has 1 fully saturated rings. The number of nitrogens with zero attached hydrogens (tertiary/aromatic N) is 2. The number of hydrogen-bond acceptors (Lipinski definition) is 6. The Morgan fingerprint density at radius 2 is 1.72 bits per heavy atom. The minimum absolute atomic E-state index is 0.00999. The second-order valence-electron chi connectivity index (χ2n) is 11.2. The number of fused-ring (bicyclic) bond motifs is 2. The number of halogens is 1. The first-order valence-electron chi connectivity index (χ1n) is 14.1. The van der Waals surface area contributed by atoms with Gasteiger partial charge in [0, 0.05) is 21.0 Å². The summed E-state index contributed by atoms with van der Waals surface area (Å²) in [6.45, 7) is 5.48. The first kappa shape index (κ1) is 28.7. The van der Waals surface area contributed by atoms with Crippen LogP contribution in [0.5, 0.6) is 0 Å². The molecule has 3 atom stereocenters. The van der Waals surface area contributed by atoms with E-state index in [1.54, 1.807) is 54.6 Å². The van der Waals surface area contributed by atoms with E-state index in [9.17, 15) is 19.2 Å². The molecule has 3 aromatic carbocycles. The molecule has 0 saturated carbocycles. The van der Waals surface area contributed by atoms with Crippen LogP contribution in [0, 0.1) is 31.6 Å². The topological polar surface area (TPSA) is 93.6 Å². The second-order valence-corrected chi connectivity index (χ2v) is 12.1. The van der Waals surface area contributed by atoms with Crippen LogP contribution in [0.4, 0.5) is 5.69 Å². The van der Waals surface area contributed by atoms with E-state index in [1.165, 1.54) is 4.90 Å². The van der Waals surface area contributed by atoms with E-state index in [2.05, 4.69) is 15.9 Å². The summed E-state index contributed by atoms with van der Waals surface area (Å²) in [5, 5.41) is 0.581. The Morgan fingerprint density at radius 1 is 0.953 bits per heavy atom. The molecule has 0 bridgehead atoms. The number of anilines is 1. The van der Waals surface area contributed by atoms with Crippen molar-refractivity contribution in [2.45, 2.75) is 27.2 Å². The quantitative estimate of drug-likeness (QED) is 0.0977. The smallest absolute Gasteiger partial charge is 0.339 e. The number of hydrogen-bond donors (Lipinski definition) is 0. The number of benzene rings is 3. The van der Waals surface area contributed by atoms with Crippen LogP contribution in [0.25, 0.3) is 22.2 Å². The van der Waals surface area contributed by atoms with Gasteiger partial charge in [0.1, 0.15) is 0 Å². The number of ether oxygens (including phenoxy) is 1.